The Bertz CT molecular complexity index is 604. The molecule has 0 radical (unpaired) electrons. The molecule has 0 saturated carbocycles. The van der Waals surface area contributed by atoms with Crippen LogP contribution in [-0.4, -0.2) is 29.3 Å². The zero-order valence-electron chi connectivity index (χ0n) is 11.1. The molecular weight excluding hydrogens is 258 g/mol. The van der Waals surface area contributed by atoms with E-state index >= 15 is 0 Å². The number of hydrogen-bond donors (Lipinski definition) is 2. The molecule has 20 heavy (non-hydrogen) atoms. The van der Waals surface area contributed by atoms with Gasteiger partial charge in [-0.05, 0) is 19.1 Å². The second kappa shape index (κ2) is 5.07. The normalized spacial score (nSPS) is 17.1. The van der Waals surface area contributed by atoms with Crippen LogP contribution < -0.4 is 5.32 Å². The number of ether oxygens (including phenoxy) is 2. The number of benzene rings is 1. The molecule has 3 rings (SSSR count). The Kier molecular flexibility index (Phi) is 3.25. The summed E-state index contributed by atoms with van der Waals surface area (Å²) in [5.74, 6) is -0.953. The number of aromatic nitrogens is 2. The van der Waals surface area contributed by atoms with Crippen molar-refractivity contribution >= 4 is 11.6 Å². The maximum Gasteiger partial charge on any atom is 0.258 e. The second-order valence-electron chi connectivity index (χ2n) is 4.66. The van der Waals surface area contributed by atoms with Crippen LogP contribution in [0.3, 0.4) is 0 Å². The van der Waals surface area contributed by atoms with Gasteiger partial charge in [-0.1, -0.05) is 12.1 Å². The Morgan fingerprint density at radius 2 is 2.20 bits per heavy atom. The van der Waals surface area contributed by atoms with Crippen molar-refractivity contribution in [1.82, 2.24) is 10.2 Å². The summed E-state index contributed by atoms with van der Waals surface area (Å²) < 4.78 is 11.2. The molecule has 2 N–H and O–H groups in total. The van der Waals surface area contributed by atoms with Gasteiger partial charge in [0.1, 0.15) is 0 Å². The Morgan fingerprint density at radius 3 is 2.90 bits per heavy atom. The predicted octanol–water partition coefficient (Wildman–Crippen LogP) is 1.88. The smallest absolute Gasteiger partial charge is 0.258 e. The summed E-state index contributed by atoms with van der Waals surface area (Å²) in [6.45, 7) is 3.02. The minimum absolute atomic E-state index is 0.214. The molecule has 0 aliphatic carbocycles. The van der Waals surface area contributed by atoms with Gasteiger partial charge in [0.05, 0.1) is 25.0 Å². The fraction of sp³-hybridized carbons (Fsp3) is 0.286. The molecule has 1 aromatic carbocycles. The SMILES string of the molecule is CC1(c2cccc(NC(=O)c3cn[nH]c3)c2)OCCO1. The monoisotopic (exact) mass is 273 g/mol. The Balaban J connectivity index is 1.79. The first-order valence-corrected chi connectivity index (χ1v) is 6.36. The van der Waals surface area contributed by atoms with E-state index in [1.54, 1.807) is 6.20 Å². The van der Waals surface area contributed by atoms with Gasteiger partial charge in [0.15, 0.2) is 5.79 Å². The highest BCUT2D eigenvalue weighted by atomic mass is 16.7. The van der Waals surface area contributed by atoms with Crippen molar-refractivity contribution in [3.05, 3.63) is 47.8 Å². The minimum atomic E-state index is -0.740. The van der Waals surface area contributed by atoms with Crippen LogP contribution in [-0.2, 0) is 15.3 Å². The number of aromatic amines is 1. The molecule has 104 valence electrons. The average molecular weight is 273 g/mol. The van der Waals surface area contributed by atoms with E-state index in [9.17, 15) is 4.79 Å². The van der Waals surface area contributed by atoms with Crippen molar-refractivity contribution in [1.29, 1.82) is 0 Å². The zero-order chi connectivity index (χ0) is 14.0. The lowest BCUT2D eigenvalue weighted by molar-refractivity contribution is -0.149. The molecule has 1 aliphatic heterocycles. The van der Waals surface area contributed by atoms with E-state index in [2.05, 4.69) is 15.5 Å². The van der Waals surface area contributed by atoms with Crippen molar-refractivity contribution in [2.24, 2.45) is 0 Å². The molecule has 0 spiro atoms. The summed E-state index contributed by atoms with van der Waals surface area (Å²) in [5, 5.41) is 9.17. The molecular formula is C14H15N3O3. The summed E-state index contributed by atoms with van der Waals surface area (Å²) in [4.78, 5) is 12.0. The Hall–Kier alpha value is -2.18. The second-order valence-corrected chi connectivity index (χ2v) is 4.66. The highest BCUT2D eigenvalue weighted by Crippen LogP contribution is 2.32. The number of rotatable bonds is 3. The summed E-state index contributed by atoms with van der Waals surface area (Å²) in [7, 11) is 0. The lowest BCUT2D eigenvalue weighted by Gasteiger charge is -2.23. The van der Waals surface area contributed by atoms with Crippen molar-refractivity contribution < 1.29 is 14.3 Å². The third kappa shape index (κ3) is 2.43. The molecule has 1 aromatic heterocycles. The molecule has 0 atom stereocenters. The highest BCUT2D eigenvalue weighted by molar-refractivity contribution is 6.03. The summed E-state index contributed by atoms with van der Waals surface area (Å²) >= 11 is 0. The lowest BCUT2D eigenvalue weighted by atomic mass is 10.1. The van der Waals surface area contributed by atoms with Crippen molar-refractivity contribution in [2.45, 2.75) is 12.7 Å². The van der Waals surface area contributed by atoms with Gasteiger partial charge in [-0.2, -0.15) is 5.10 Å². The average Bonchev–Trinajstić information content (AvgIpc) is 3.11. The van der Waals surface area contributed by atoms with Gasteiger partial charge in [0, 0.05) is 17.4 Å². The lowest BCUT2D eigenvalue weighted by Crippen LogP contribution is -2.22. The standard InChI is InChI=1S/C14H15N3O3/c1-14(19-5-6-20-14)11-3-2-4-12(7-11)17-13(18)10-8-15-16-9-10/h2-4,7-9H,5-6H2,1H3,(H,15,16)(H,17,18). The van der Waals surface area contributed by atoms with E-state index in [4.69, 9.17) is 9.47 Å². The molecule has 1 aliphatic rings. The van der Waals surface area contributed by atoms with Gasteiger partial charge in [-0.15, -0.1) is 0 Å². The molecule has 2 heterocycles. The number of carbonyl (C=O) groups is 1. The predicted molar refractivity (Wildman–Crippen MR) is 72.2 cm³/mol. The molecule has 1 saturated heterocycles. The first kappa shape index (κ1) is 12.8. The van der Waals surface area contributed by atoms with Crippen LogP contribution in [0.25, 0.3) is 0 Å². The third-order valence-corrected chi connectivity index (χ3v) is 3.24. The van der Waals surface area contributed by atoms with Gasteiger partial charge in [-0.25, -0.2) is 0 Å². The van der Waals surface area contributed by atoms with Crippen LogP contribution in [0.2, 0.25) is 0 Å². The van der Waals surface area contributed by atoms with Gasteiger partial charge in [0.25, 0.3) is 5.91 Å². The molecule has 2 aromatic rings. The molecule has 1 fully saturated rings. The zero-order valence-corrected chi connectivity index (χ0v) is 11.1. The van der Waals surface area contributed by atoms with E-state index in [0.29, 0.717) is 24.5 Å². The maximum atomic E-state index is 12.0. The number of nitrogens with zero attached hydrogens (tertiary/aromatic N) is 1. The van der Waals surface area contributed by atoms with Crippen LogP contribution in [0.15, 0.2) is 36.7 Å². The molecule has 6 heteroatoms. The first-order valence-electron chi connectivity index (χ1n) is 6.36. The maximum absolute atomic E-state index is 12.0. The van der Waals surface area contributed by atoms with E-state index in [0.717, 1.165) is 5.56 Å². The number of anilines is 1. The summed E-state index contributed by atoms with van der Waals surface area (Å²) in [6, 6.07) is 7.44. The van der Waals surface area contributed by atoms with Crippen molar-refractivity contribution in [3.8, 4) is 0 Å². The Morgan fingerprint density at radius 1 is 1.40 bits per heavy atom. The van der Waals surface area contributed by atoms with E-state index in [-0.39, 0.29) is 5.91 Å². The quantitative estimate of drug-likeness (QED) is 0.895. The van der Waals surface area contributed by atoms with E-state index in [1.165, 1.54) is 6.20 Å². The topological polar surface area (TPSA) is 76.2 Å². The van der Waals surface area contributed by atoms with Crippen LogP contribution in [0.1, 0.15) is 22.8 Å². The van der Waals surface area contributed by atoms with Crippen molar-refractivity contribution in [3.63, 3.8) is 0 Å². The van der Waals surface area contributed by atoms with Crippen molar-refractivity contribution in [2.75, 3.05) is 18.5 Å². The first-order chi connectivity index (χ1) is 9.67. The number of carbonyl (C=O) groups excluding carboxylic acids is 1. The van der Waals surface area contributed by atoms with E-state index < -0.39 is 5.79 Å². The highest BCUT2D eigenvalue weighted by Gasteiger charge is 2.33. The van der Waals surface area contributed by atoms with Gasteiger partial charge >= 0.3 is 0 Å². The number of hydrogen-bond acceptors (Lipinski definition) is 4. The van der Waals surface area contributed by atoms with Gasteiger partial charge in [0.2, 0.25) is 0 Å². The number of H-pyrrole nitrogens is 1. The minimum Gasteiger partial charge on any atom is -0.344 e. The largest absolute Gasteiger partial charge is 0.344 e. The van der Waals surface area contributed by atoms with Crippen LogP contribution in [0.4, 0.5) is 5.69 Å². The molecule has 6 nitrogen and oxygen atoms in total. The van der Waals surface area contributed by atoms with Gasteiger partial charge < -0.3 is 14.8 Å². The van der Waals surface area contributed by atoms with E-state index in [1.807, 2.05) is 31.2 Å². The fourth-order valence-electron chi connectivity index (χ4n) is 2.14. The summed E-state index contributed by atoms with van der Waals surface area (Å²) in [6.07, 6.45) is 3.02. The third-order valence-electron chi connectivity index (χ3n) is 3.24. The number of nitrogens with one attached hydrogen (secondary N) is 2. The molecule has 0 bridgehead atoms. The van der Waals surface area contributed by atoms with Crippen LogP contribution in [0, 0.1) is 0 Å². The Labute approximate surface area is 116 Å². The van der Waals surface area contributed by atoms with Crippen LogP contribution in [0.5, 0.6) is 0 Å². The fourth-order valence-corrected chi connectivity index (χ4v) is 2.14. The molecule has 0 unspecified atom stereocenters. The molecule has 1 amide bonds. The number of amides is 1. The van der Waals surface area contributed by atoms with Crippen LogP contribution >= 0.6 is 0 Å². The summed E-state index contributed by atoms with van der Waals surface area (Å²) in [5.41, 5.74) is 2.05. The van der Waals surface area contributed by atoms with Gasteiger partial charge in [-0.3, -0.25) is 9.89 Å².